The summed E-state index contributed by atoms with van der Waals surface area (Å²) in [5.74, 6) is -0.898. The lowest BCUT2D eigenvalue weighted by Gasteiger charge is -2.31. The first-order valence-corrected chi connectivity index (χ1v) is 17.5. The van der Waals surface area contributed by atoms with Crippen LogP contribution in [-0.4, -0.2) is 55.5 Å². The lowest BCUT2D eigenvalue weighted by atomic mass is 9.82. The molecule has 5 atom stereocenters. The van der Waals surface area contributed by atoms with Crippen LogP contribution in [0.5, 0.6) is 0 Å². The van der Waals surface area contributed by atoms with E-state index in [0.29, 0.717) is 29.4 Å². The smallest absolute Gasteiger partial charge is 0.264 e. The molecule has 5 rings (SSSR count). The SMILES string of the molecule is C[C@H]1[C@H]([Si](C)(C)F)[C@@H](CC(=O)N2CCC[C@H]2CO)O[C@]12C(=O)N(Cc1cccc(I)c1)c1ccc(Cl)cc12. The molecule has 204 valence electrons. The highest BCUT2D eigenvalue weighted by molar-refractivity contribution is 14.1. The standard InChI is InChI=1S/C28H33ClFIN2O4Si/c1-17-26(38(2,3)30)24(14-25(35)32-11-5-8-21(32)16-34)37-28(17)22-13-19(29)9-10-23(22)33(27(28)36)15-18-6-4-7-20(31)12-18/h4,6-7,9-10,12-13,17,21,24,26,34H,5,8,11,14-16H2,1-3H3/t17-,21-,24+,26-,28+/m0/s1. The van der Waals surface area contributed by atoms with Gasteiger partial charge in [-0.15, -0.1) is 0 Å². The molecule has 0 saturated carbocycles. The van der Waals surface area contributed by atoms with E-state index in [-0.39, 0.29) is 30.9 Å². The zero-order chi connectivity index (χ0) is 27.4. The minimum Gasteiger partial charge on any atom is -0.394 e. The molecule has 1 spiro atoms. The lowest BCUT2D eigenvalue weighted by Crippen LogP contribution is -2.45. The Balaban J connectivity index is 1.54. The Morgan fingerprint density at radius 3 is 2.74 bits per heavy atom. The van der Waals surface area contributed by atoms with Crippen molar-refractivity contribution >= 4 is 60.1 Å². The van der Waals surface area contributed by atoms with Crippen LogP contribution >= 0.6 is 34.2 Å². The van der Waals surface area contributed by atoms with Crippen LogP contribution in [0.25, 0.3) is 0 Å². The van der Waals surface area contributed by atoms with Gasteiger partial charge in [0.15, 0.2) is 5.60 Å². The Morgan fingerprint density at radius 1 is 1.29 bits per heavy atom. The average molecular weight is 671 g/mol. The van der Waals surface area contributed by atoms with Crippen LogP contribution in [-0.2, 0) is 26.5 Å². The largest absolute Gasteiger partial charge is 0.394 e. The zero-order valence-corrected chi connectivity index (χ0v) is 25.7. The van der Waals surface area contributed by atoms with Crippen LogP contribution in [0.15, 0.2) is 42.5 Å². The fraction of sp³-hybridized carbons (Fsp3) is 0.500. The number of hydrogen-bond acceptors (Lipinski definition) is 4. The van der Waals surface area contributed by atoms with E-state index in [1.165, 1.54) is 0 Å². The van der Waals surface area contributed by atoms with Crippen LogP contribution in [0.1, 0.15) is 37.3 Å². The number of carbonyl (C=O) groups is 2. The molecule has 6 nitrogen and oxygen atoms in total. The van der Waals surface area contributed by atoms with Crippen molar-refractivity contribution in [2.45, 2.75) is 69.1 Å². The van der Waals surface area contributed by atoms with Crippen LogP contribution in [0, 0.1) is 9.49 Å². The van der Waals surface area contributed by atoms with E-state index in [1.54, 1.807) is 35.0 Å². The summed E-state index contributed by atoms with van der Waals surface area (Å²) in [6.45, 7) is 5.96. The van der Waals surface area contributed by atoms with Gasteiger partial charge in [0.2, 0.25) is 14.3 Å². The van der Waals surface area contributed by atoms with Crippen molar-refractivity contribution in [1.29, 1.82) is 0 Å². The van der Waals surface area contributed by atoms with Gasteiger partial charge >= 0.3 is 0 Å². The van der Waals surface area contributed by atoms with Crippen LogP contribution in [0.3, 0.4) is 0 Å². The molecule has 0 radical (unpaired) electrons. The summed E-state index contributed by atoms with van der Waals surface area (Å²) >= 11 is 8.69. The minimum absolute atomic E-state index is 0.0202. The summed E-state index contributed by atoms with van der Waals surface area (Å²) in [6, 6.07) is 13.1. The Kier molecular flexibility index (Phi) is 7.71. The summed E-state index contributed by atoms with van der Waals surface area (Å²) in [7, 11) is -3.39. The second kappa shape index (κ2) is 10.5. The van der Waals surface area contributed by atoms with Crippen molar-refractivity contribution in [1.82, 2.24) is 4.90 Å². The fourth-order valence-corrected chi connectivity index (χ4v) is 10.1. The van der Waals surface area contributed by atoms with Gasteiger partial charge in [-0.25, -0.2) is 0 Å². The molecular formula is C28H33ClFIN2O4Si. The molecule has 3 aliphatic heterocycles. The maximum atomic E-state index is 16.0. The molecule has 3 aliphatic rings. The van der Waals surface area contributed by atoms with E-state index in [2.05, 4.69) is 22.6 Å². The molecule has 2 fully saturated rings. The second-order valence-electron chi connectivity index (χ2n) is 11.2. The highest BCUT2D eigenvalue weighted by Gasteiger charge is 2.67. The quantitative estimate of drug-likeness (QED) is 0.246. The van der Waals surface area contributed by atoms with Crippen LogP contribution in [0.2, 0.25) is 23.7 Å². The van der Waals surface area contributed by atoms with Gasteiger partial charge < -0.3 is 23.8 Å². The number of hydrogen-bond donors (Lipinski definition) is 1. The number of aliphatic hydroxyl groups is 1. The summed E-state index contributed by atoms with van der Waals surface area (Å²) in [5.41, 5.74) is 0.321. The number of carbonyl (C=O) groups excluding carboxylic acids is 2. The number of anilines is 1. The molecular weight excluding hydrogens is 638 g/mol. The van der Waals surface area contributed by atoms with Crippen molar-refractivity contribution in [3.8, 4) is 0 Å². The Bertz CT molecular complexity index is 1260. The third-order valence-corrected chi connectivity index (χ3v) is 11.8. The number of amides is 2. The van der Waals surface area contributed by atoms with E-state index in [1.807, 2.05) is 37.3 Å². The number of ether oxygens (including phenoxy) is 1. The molecule has 3 heterocycles. The van der Waals surface area contributed by atoms with Gasteiger partial charge in [0.05, 0.1) is 37.4 Å². The Hall–Kier alpha value is -1.53. The molecule has 0 aromatic heterocycles. The number of aliphatic hydroxyl groups excluding tert-OH is 1. The normalized spacial score (nSPS) is 29.0. The van der Waals surface area contributed by atoms with Crippen molar-refractivity contribution in [3.63, 3.8) is 0 Å². The third kappa shape index (κ3) is 4.72. The molecule has 38 heavy (non-hydrogen) atoms. The monoisotopic (exact) mass is 670 g/mol. The first-order valence-electron chi connectivity index (χ1n) is 13.1. The summed E-state index contributed by atoms with van der Waals surface area (Å²) in [4.78, 5) is 31.2. The summed E-state index contributed by atoms with van der Waals surface area (Å²) < 4.78 is 23.8. The topological polar surface area (TPSA) is 70.1 Å². The van der Waals surface area contributed by atoms with Crippen molar-refractivity contribution in [3.05, 3.63) is 62.2 Å². The van der Waals surface area contributed by atoms with Gasteiger partial charge in [-0.2, -0.15) is 0 Å². The number of likely N-dealkylation sites (tertiary alicyclic amines) is 1. The number of halogens is 3. The minimum atomic E-state index is -3.39. The molecule has 2 aromatic carbocycles. The Morgan fingerprint density at radius 2 is 2.05 bits per heavy atom. The highest BCUT2D eigenvalue weighted by atomic mass is 127. The number of benzene rings is 2. The van der Waals surface area contributed by atoms with Gasteiger partial charge in [-0.3, -0.25) is 9.59 Å². The van der Waals surface area contributed by atoms with Gasteiger partial charge in [0, 0.05) is 32.2 Å². The first kappa shape index (κ1) is 28.0. The summed E-state index contributed by atoms with van der Waals surface area (Å²) in [6.07, 6.45) is 0.803. The van der Waals surface area contributed by atoms with E-state index < -0.39 is 31.6 Å². The molecule has 2 amide bonds. The second-order valence-corrected chi connectivity index (χ2v) is 16.7. The fourth-order valence-electron chi connectivity index (χ4n) is 6.84. The first-order chi connectivity index (χ1) is 18.0. The summed E-state index contributed by atoms with van der Waals surface area (Å²) in [5, 5.41) is 10.2. The van der Waals surface area contributed by atoms with E-state index in [4.69, 9.17) is 16.3 Å². The molecule has 0 bridgehead atoms. The predicted octanol–water partition coefficient (Wildman–Crippen LogP) is 5.64. The predicted molar refractivity (Wildman–Crippen MR) is 156 cm³/mol. The van der Waals surface area contributed by atoms with E-state index >= 15 is 4.11 Å². The highest BCUT2D eigenvalue weighted by Crippen LogP contribution is 2.60. The van der Waals surface area contributed by atoms with Gasteiger partial charge in [0.25, 0.3) is 5.91 Å². The zero-order valence-electron chi connectivity index (χ0n) is 21.8. The number of fused-ring (bicyclic) bond motifs is 2. The van der Waals surface area contributed by atoms with Crippen LogP contribution in [0.4, 0.5) is 9.80 Å². The van der Waals surface area contributed by atoms with Crippen molar-refractivity contribution in [2.75, 3.05) is 18.1 Å². The maximum Gasteiger partial charge on any atom is 0.264 e. The Labute approximate surface area is 242 Å². The van der Waals surface area contributed by atoms with Crippen molar-refractivity contribution in [2.24, 2.45) is 5.92 Å². The molecule has 1 N–H and O–H groups in total. The van der Waals surface area contributed by atoms with Gasteiger partial charge in [-0.05, 0) is 84.4 Å². The molecule has 10 heteroatoms. The lowest BCUT2D eigenvalue weighted by molar-refractivity contribution is -0.150. The van der Waals surface area contributed by atoms with Crippen molar-refractivity contribution < 1.29 is 23.5 Å². The van der Waals surface area contributed by atoms with Gasteiger partial charge in [0.1, 0.15) is 0 Å². The van der Waals surface area contributed by atoms with E-state index in [0.717, 1.165) is 22.0 Å². The number of rotatable bonds is 6. The molecule has 0 unspecified atom stereocenters. The third-order valence-electron chi connectivity index (χ3n) is 8.44. The number of nitrogens with zero attached hydrogens (tertiary/aromatic N) is 2. The van der Waals surface area contributed by atoms with Gasteiger partial charge in [-0.1, -0.05) is 30.7 Å². The molecule has 0 aliphatic carbocycles. The average Bonchev–Trinajstić information content (AvgIpc) is 3.50. The maximum absolute atomic E-state index is 16.0. The van der Waals surface area contributed by atoms with Crippen LogP contribution < -0.4 is 4.90 Å². The molecule has 2 saturated heterocycles. The molecule has 2 aromatic rings. The van der Waals surface area contributed by atoms with E-state index in [9.17, 15) is 14.7 Å².